The number of hydrogen-bond acceptors (Lipinski definition) is 6. The molecule has 0 aliphatic carbocycles. The van der Waals surface area contributed by atoms with Gasteiger partial charge in [-0.15, -0.1) is 0 Å². The zero-order chi connectivity index (χ0) is 21.1. The molecule has 0 spiro atoms. The third kappa shape index (κ3) is 8.57. The van der Waals surface area contributed by atoms with Gasteiger partial charge in [-0.3, -0.25) is 5.32 Å². The lowest BCUT2D eigenvalue weighted by Crippen LogP contribution is -2.24. The summed E-state index contributed by atoms with van der Waals surface area (Å²) in [5.74, 6) is -0.00837. The molecule has 0 aliphatic rings. The van der Waals surface area contributed by atoms with Gasteiger partial charge >= 0.3 is 18.2 Å². The van der Waals surface area contributed by atoms with E-state index in [0.717, 1.165) is 6.42 Å². The maximum absolute atomic E-state index is 11.9. The predicted octanol–water partition coefficient (Wildman–Crippen LogP) is 4.01. The van der Waals surface area contributed by atoms with Crippen molar-refractivity contribution >= 4 is 23.8 Å². The lowest BCUT2D eigenvalue weighted by molar-refractivity contribution is -0.130. The van der Waals surface area contributed by atoms with Crippen LogP contribution in [0, 0.1) is 5.92 Å². The monoisotopic (exact) mass is 392 g/mol. The minimum atomic E-state index is -0.617. The van der Waals surface area contributed by atoms with Gasteiger partial charge in [0, 0.05) is 29.4 Å². The van der Waals surface area contributed by atoms with Crippen LogP contribution in [-0.2, 0) is 20.8 Å². The molecule has 0 radical (unpaired) electrons. The first-order valence-electron chi connectivity index (χ1n) is 9.07. The highest BCUT2D eigenvalue weighted by atomic mass is 16.6. The second-order valence-corrected chi connectivity index (χ2v) is 6.51. The van der Waals surface area contributed by atoms with Gasteiger partial charge in [0.05, 0.1) is 13.2 Å². The lowest BCUT2D eigenvalue weighted by Gasteiger charge is -2.14. The third-order valence-corrected chi connectivity index (χ3v) is 3.49. The number of esters is 1. The molecule has 0 heterocycles. The van der Waals surface area contributed by atoms with Gasteiger partial charge in [0.2, 0.25) is 0 Å². The van der Waals surface area contributed by atoms with Gasteiger partial charge in [0.25, 0.3) is 0 Å². The smallest absolute Gasteiger partial charge is 0.411 e. The Morgan fingerprint density at radius 1 is 1.14 bits per heavy atom. The number of anilines is 1. The summed E-state index contributed by atoms with van der Waals surface area (Å²) < 4.78 is 15.2. The largest absolute Gasteiger partial charge is 0.450 e. The van der Waals surface area contributed by atoms with Crippen LogP contribution >= 0.6 is 0 Å². The minimum Gasteiger partial charge on any atom is -0.450 e. The van der Waals surface area contributed by atoms with Crippen molar-refractivity contribution in [3.05, 3.63) is 35.9 Å². The second-order valence-electron chi connectivity index (χ2n) is 6.51. The van der Waals surface area contributed by atoms with E-state index in [-0.39, 0.29) is 24.5 Å². The molecule has 1 aromatic rings. The first-order valence-corrected chi connectivity index (χ1v) is 9.07. The summed E-state index contributed by atoms with van der Waals surface area (Å²) in [4.78, 5) is 35.3. The van der Waals surface area contributed by atoms with Crippen molar-refractivity contribution in [3.63, 3.8) is 0 Å². The predicted molar refractivity (Wildman–Crippen MR) is 105 cm³/mol. The van der Waals surface area contributed by atoms with Gasteiger partial charge < -0.3 is 19.5 Å². The van der Waals surface area contributed by atoms with Crippen LogP contribution in [0.15, 0.2) is 30.4 Å². The number of nitrogens with one attached hydrogen (secondary N) is 2. The first kappa shape index (κ1) is 23.0. The van der Waals surface area contributed by atoms with Gasteiger partial charge in [0.15, 0.2) is 0 Å². The van der Waals surface area contributed by atoms with E-state index in [1.54, 1.807) is 19.1 Å². The molecule has 0 fully saturated rings. The number of amides is 2. The van der Waals surface area contributed by atoms with E-state index in [0.29, 0.717) is 23.8 Å². The van der Waals surface area contributed by atoms with Crippen molar-refractivity contribution < 1.29 is 28.6 Å². The van der Waals surface area contributed by atoms with Crippen molar-refractivity contribution in [2.45, 2.75) is 40.7 Å². The Morgan fingerprint density at radius 3 is 2.46 bits per heavy atom. The second kappa shape index (κ2) is 11.6. The lowest BCUT2D eigenvalue weighted by atomic mass is 10.1. The number of ether oxygens (including phenoxy) is 3. The van der Waals surface area contributed by atoms with Crippen LogP contribution in [0.1, 0.15) is 39.7 Å². The van der Waals surface area contributed by atoms with Crippen molar-refractivity contribution in [2.24, 2.45) is 5.92 Å². The van der Waals surface area contributed by atoms with Crippen LogP contribution < -0.4 is 15.4 Å². The number of carbonyl (C=O) groups excluding carboxylic acids is 3. The molecule has 2 amide bonds. The molecule has 1 rings (SSSR count). The standard InChI is InChI=1S/C20H28N2O6/c1-6-26-19(24)21-12-15-7-8-16(11-17(15)28-18(23)14(4)5)22-20(25)27-10-9-13(2)3/h7-8,11,13H,4,6,9-10,12H2,1-3,5H3,(H,21,24)(H,22,25). The van der Waals surface area contributed by atoms with E-state index in [1.807, 2.05) is 13.8 Å². The Morgan fingerprint density at radius 2 is 1.86 bits per heavy atom. The topological polar surface area (TPSA) is 103 Å². The fourth-order valence-electron chi connectivity index (χ4n) is 1.95. The van der Waals surface area contributed by atoms with Crippen LogP contribution in [-0.4, -0.2) is 31.4 Å². The van der Waals surface area contributed by atoms with E-state index in [9.17, 15) is 14.4 Å². The summed E-state index contributed by atoms with van der Waals surface area (Å²) in [6.07, 6.45) is -0.432. The molecule has 28 heavy (non-hydrogen) atoms. The zero-order valence-electron chi connectivity index (χ0n) is 16.8. The average Bonchev–Trinajstić information content (AvgIpc) is 2.60. The highest BCUT2D eigenvalue weighted by Crippen LogP contribution is 2.24. The summed E-state index contributed by atoms with van der Waals surface area (Å²) in [5.41, 5.74) is 1.14. The molecule has 0 atom stereocenters. The summed E-state index contributed by atoms with van der Waals surface area (Å²) in [6, 6.07) is 4.72. The fraction of sp³-hybridized carbons (Fsp3) is 0.450. The van der Waals surface area contributed by atoms with E-state index in [1.165, 1.54) is 13.0 Å². The van der Waals surface area contributed by atoms with E-state index < -0.39 is 18.2 Å². The van der Waals surface area contributed by atoms with Gasteiger partial charge in [-0.2, -0.15) is 0 Å². The fourth-order valence-corrected chi connectivity index (χ4v) is 1.95. The molecule has 0 bridgehead atoms. The maximum atomic E-state index is 11.9. The molecule has 0 saturated carbocycles. The molecule has 0 unspecified atom stereocenters. The van der Waals surface area contributed by atoms with Crippen molar-refractivity contribution in [1.29, 1.82) is 0 Å². The van der Waals surface area contributed by atoms with Crippen molar-refractivity contribution in [1.82, 2.24) is 5.32 Å². The highest BCUT2D eigenvalue weighted by Gasteiger charge is 2.14. The highest BCUT2D eigenvalue weighted by molar-refractivity contribution is 5.89. The summed E-state index contributed by atoms with van der Waals surface area (Å²) >= 11 is 0. The summed E-state index contributed by atoms with van der Waals surface area (Å²) in [5, 5.41) is 5.14. The van der Waals surface area contributed by atoms with Gasteiger partial charge in [-0.1, -0.05) is 26.5 Å². The first-order chi connectivity index (χ1) is 13.2. The summed E-state index contributed by atoms with van der Waals surface area (Å²) in [7, 11) is 0. The maximum Gasteiger partial charge on any atom is 0.411 e. The van der Waals surface area contributed by atoms with Gasteiger partial charge in [-0.25, -0.2) is 14.4 Å². The quantitative estimate of drug-likeness (QED) is 0.374. The van der Waals surface area contributed by atoms with E-state index in [2.05, 4.69) is 17.2 Å². The van der Waals surface area contributed by atoms with Crippen molar-refractivity contribution in [2.75, 3.05) is 18.5 Å². The number of benzene rings is 1. The zero-order valence-corrected chi connectivity index (χ0v) is 16.8. The molecule has 0 saturated heterocycles. The number of hydrogen-bond donors (Lipinski definition) is 2. The molecule has 2 N–H and O–H groups in total. The molecule has 0 aromatic heterocycles. The molecular formula is C20H28N2O6. The number of alkyl carbamates (subject to hydrolysis) is 1. The average molecular weight is 392 g/mol. The Hall–Kier alpha value is -3.03. The Kier molecular flexibility index (Phi) is 9.56. The van der Waals surface area contributed by atoms with Crippen LogP contribution in [0.4, 0.5) is 15.3 Å². The SMILES string of the molecule is C=C(C)C(=O)Oc1cc(NC(=O)OCCC(C)C)ccc1CNC(=O)OCC. The van der Waals surface area contributed by atoms with Crippen LogP contribution in [0.5, 0.6) is 5.75 Å². The molecule has 8 nitrogen and oxygen atoms in total. The molecule has 8 heteroatoms. The number of carbonyl (C=O) groups is 3. The molecule has 0 aliphatic heterocycles. The Labute approximate surface area is 165 Å². The van der Waals surface area contributed by atoms with Gasteiger partial charge in [0.1, 0.15) is 5.75 Å². The minimum absolute atomic E-state index is 0.0801. The van der Waals surface area contributed by atoms with Crippen molar-refractivity contribution in [3.8, 4) is 5.75 Å². The van der Waals surface area contributed by atoms with Gasteiger partial charge in [-0.05, 0) is 32.3 Å². The molecule has 154 valence electrons. The van der Waals surface area contributed by atoms with Crippen LogP contribution in [0.25, 0.3) is 0 Å². The Balaban J connectivity index is 2.87. The normalized spacial score (nSPS) is 10.2. The Bertz CT molecular complexity index is 715. The molecule has 1 aromatic carbocycles. The van der Waals surface area contributed by atoms with Crippen LogP contribution in [0.2, 0.25) is 0 Å². The molecular weight excluding hydrogens is 364 g/mol. The summed E-state index contributed by atoms with van der Waals surface area (Å²) in [6.45, 7) is 11.5. The van der Waals surface area contributed by atoms with Crippen LogP contribution in [0.3, 0.4) is 0 Å². The third-order valence-electron chi connectivity index (χ3n) is 3.49. The number of rotatable bonds is 9. The van der Waals surface area contributed by atoms with E-state index in [4.69, 9.17) is 14.2 Å². The van der Waals surface area contributed by atoms with E-state index >= 15 is 0 Å².